The van der Waals surface area contributed by atoms with Crippen molar-refractivity contribution in [2.24, 2.45) is 5.41 Å². The fourth-order valence-corrected chi connectivity index (χ4v) is 5.29. The summed E-state index contributed by atoms with van der Waals surface area (Å²) < 4.78 is 14.6. The monoisotopic (exact) mass is 408 g/mol. The molecule has 1 heterocycles. The van der Waals surface area contributed by atoms with Crippen LogP contribution in [0.25, 0.3) is 0 Å². The van der Waals surface area contributed by atoms with Crippen molar-refractivity contribution in [3.05, 3.63) is 82.4 Å². The summed E-state index contributed by atoms with van der Waals surface area (Å²) >= 11 is 1.21. The first-order chi connectivity index (χ1) is 14.1. The molecule has 0 saturated carbocycles. The van der Waals surface area contributed by atoms with Gasteiger partial charge in [0.05, 0.1) is 24.8 Å². The van der Waals surface area contributed by atoms with Gasteiger partial charge in [0.15, 0.2) is 5.41 Å². The summed E-state index contributed by atoms with van der Waals surface area (Å²) in [7, 11) is 2.61. The third-order valence-electron chi connectivity index (χ3n) is 5.63. The van der Waals surface area contributed by atoms with Crippen molar-refractivity contribution in [1.29, 1.82) is 0 Å². The minimum absolute atomic E-state index is 0.392. The second-order valence-electron chi connectivity index (χ2n) is 6.95. The Balaban J connectivity index is 2.07. The molecule has 0 N–H and O–H groups in total. The van der Waals surface area contributed by atoms with Crippen LogP contribution in [-0.2, 0) is 25.5 Å². The Morgan fingerprint density at radius 3 is 2.03 bits per heavy atom. The second kappa shape index (κ2) is 7.75. The zero-order valence-corrected chi connectivity index (χ0v) is 16.9. The van der Waals surface area contributed by atoms with E-state index in [0.29, 0.717) is 6.42 Å². The van der Waals surface area contributed by atoms with Gasteiger partial charge in [-0.1, -0.05) is 65.2 Å². The maximum atomic E-state index is 13.4. The number of nitrogens with zero attached hydrogens (tertiary/aromatic N) is 2. The molecule has 1 aromatic heterocycles. The highest BCUT2D eigenvalue weighted by molar-refractivity contribution is 7.05. The van der Waals surface area contributed by atoms with Crippen LogP contribution in [0.4, 0.5) is 0 Å². The summed E-state index contributed by atoms with van der Waals surface area (Å²) in [5.41, 5.74) is 0.869. The van der Waals surface area contributed by atoms with E-state index in [0.717, 1.165) is 21.7 Å². The number of carbonyl (C=O) groups excluding carboxylic acids is 2. The summed E-state index contributed by atoms with van der Waals surface area (Å²) in [6.07, 6.45) is 0.392. The lowest BCUT2D eigenvalue weighted by atomic mass is 9.57. The van der Waals surface area contributed by atoms with Crippen molar-refractivity contribution in [3.63, 3.8) is 0 Å². The van der Waals surface area contributed by atoms with E-state index in [9.17, 15) is 9.59 Å². The van der Waals surface area contributed by atoms with Crippen LogP contribution in [0.3, 0.4) is 0 Å². The lowest BCUT2D eigenvalue weighted by Gasteiger charge is -2.44. The van der Waals surface area contributed by atoms with Crippen molar-refractivity contribution in [2.45, 2.75) is 18.3 Å². The molecular formula is C22H20N2O4S. The van der Waals surface area contributed by atoms with Gasteiger partial charge in [-0.25, -0.2) is 0 Å². The van der Waals surface area contributed by atoms with Crippen molar-refractivity contribution in [3.8, 4) is 0 Å². The number of fused-ring (bicyclic) bond motifs is 1. The largest absolute Gasteiger partial charge is 0.468 e. The Hall–Kier alpha value is -3.06. The first kappa shape index (κ1) is 19.3. The summed E-state index contributed by atoms with van der Waals surface area (Å²) in [6.45, 7) is 0. The van der Waals surface area contributed by atoms with Gasteiger partial charge >= 0.3 is 11.9 Å². The smallest absolute Gasteiger partial charge is 0.324 e. The number of carbonyl (C=O) groups is 2. The predicted octanol–water partition coefficient (Wildman–Crippen LogP) is 3.34. The van der Waals surface area contributed by atoms with Gasteiger partial charge in [0.2, 0.25) is 0 Å². The third kappa shape index (κ3) is 2.93. The topological polar surface area (TPSA) is 78.4 Å². The number of aromatic nitrogens is 2. The summed E-state index contributed by atoms with van der Waals surface area (Å²) in [5.74, 6) is -2.36. The van der Waals surface area contributed by atoms with E-state index in [1.54, 1.807) is 0 Å². The van der Waals surface area contributed by atoms with Gasteiger partial charge in [0, 0.05) is 18.3 Å². The summed E-state index contributed by atoms with van der Waals surface area (Å²) in [6, 6.07) is 19.0. The van der Waals surface area contributed by atoms with Crippen molar-refractivity contribution < 1.29 is 19.1 Å². The van der Waals surface area contributed by atoms with Gasteiger partial charge < -0.3 is 9.47 Å². The Morgan fingerprint density at radius 2 is 1.48 bits per heavy atom. The highest BCUT2D eigenvalue weighted by Gasteiger charge is 2.64. The van der Waals surface area contributed by atoms with Crippen LogP contribution in [0.15, 0.2) is 60.7 Å². The van der Waals surface area contributed by atoms with Gasteiger partial charge in [-0.2, -0.15) is 0 Å². The molecule has 1 aliphatic rings. The lowest BCUT2D eigenvalue weighted by molar-refractivity contribution is -0.173. The van der Waals surface area contributed by atoms with Gasteiger partial charge in [0.1, 0.15) is 0 Å². The average Bonchev–Trinajstić information content (AvgIpc) is 3.25. The maximum absolute atomic E-state index is 13.4. The van der Waals surface area contributed by atoms with Gasteiger partial charge in [-0.3, -0.25) is 9.59 Å². The van der Waals surface area contributed by atoms with Crippen LogP contribution in [-0.4, -0.2) is 35.7 Å². The molecule has 0 aliphatic heterocycles. The van der Waals surface area contributed by atoms with Crippen LogP contribution < -0.4 is 0 Å². The molecule has 2 unspecified atom stereocenters. The number of ether oxygens (including phenoxy) is 2. The number of rotatable bonds is 4. The molecule has 0 spiro atoms. The van der Waals surface area contributed by atoms with Gasteiger partial charge in [-0.05, 0) is 22.7 Å². The Morgan fingerprint density at radius 1 is 0.931 bits per heavy atom. The van der Waals surface area contributed by atoms with Crippen molar-refractivity contribution in [1.82, 2.24) is 9.59 Å². The zero-order chi connectivity index (χ0) is 20.4. The number of esters is 2. The number of methoxy groups -OCH3 is 2. The molecule has 0 radical (unpaired) electrons. The van der Waals surface area contributed by atoms with Crippen LogP contribution in [0, 0.1) is 5.41 Å². The average molecular weight is 408 g/mol. The van der Waals surface area contributed by atoms with E-state index in [1.807, 2.05) is 60.7 Å². The molecule has 7 heteroatoms. The number of benzene rings is 2. The number of hydrogen-bond donors (Lipinski definition) is 0. The first-order valence-electron chi connectivity index (χ1n) is 9.22. The van der Waals surface area contributed by atoms with E-state index < -0.39 is 29.2 Å². The van der Waals surface area contributed by atoms with Crippen molar-refractivity contribution >= 4 is 23.5 Å². The Labute approximate surface area is 172 Å². The molecule has 29 heavy (non-hydrogen) atoms. The molecule has 1 aliphatic carbocycles. The van der Waals surface area contributed by atoms with Crippen LogP contribution in [0.2, 0.25) is 0 Å². The molecule has 3 aromatic rings. The Kier molecular flexibility index (Phi) is 5.15. The Bertz CT molecular complexity index is 1000. The summed E-state index contributed by atoms with van der Waals surface area (Å²) in [4.78, 5) is 27.6. The highest BCUT2D eigenvalue weighted by Crippen LogP contribution is 2.57. The SMILES string of the molecule is COC(=O)C1(C(=O)OC)C(c2ccccc2)Cc2nnsc2C1c1ccccc1. The van der Waals surface area contributed by atoms with Crippen LogP contribution in [0.1, 0.15) is 33.5 Å². The van der Waals surface area contributed by atoms with Crippen molar-refractivity contribution in [2.75, 3.05) is 14.2 Å². The number of hydrogen-bond acceptors (Lipinski definition) is 7. The van der Waals surface area contributed by atoms with Crippen LogP contribution in [0.5, 0.6) is 0 Å². The molecule has 0 fully saturated rings. The van der Waals surface area contributed by atoms with E-state index in [4.69, 9.17) is 9.47 Å². The molecule has 0 bridgehead atoms. The van der Waals surface area contributed by atoms with E-state index in [-0.39, 0.29) is 0 Å². The molecular weight excluding hydrogens is 388 g/mol. The first-order valence-corrected chi connectivity index (χ1v) is 9.99. The molecule has 6 nitrogen and oxygen atoms in total. The van der Waals surface area contributed by atoms with E-state index >= 15 is 0 Å². The van der Waals surface area contributed by atoms with Gasteiger partial charge in [0.25, 0.3) is 0 Å². The fourth-order valence-electron chi connectivity index (χ4n) is 4.41. The van der Waals surface area contributed by atoms with E-state index in [1.165, 1.54) is 25.8 Å². The molecule has 0 amide bonds. The molecule has 148 valence electrons. The van der Waals surface area contributed by atoms with Crippen LogP contribution >= 0.6 is 11.5 Å². The highest BCUT2D eigenvalue weighted by atomic mass is 32.1. The van der Waals surface area contributed by atoms with Gasteiger partial charge in [-0.15, -0.1) is 5.10 Å². The normalized spacial score (nSPS) is 19.8. The molecule has 4 rings (SSSR count). The second-order valence-corrected chi connectivity index (χ2v) is 7.73. The van der Waals surface area contributed by atoms with E-state index in [2.05, 4.69) is 9.59 Å². The zero-order valence-electron chi connectivity index (χ0n) is 16.1. The quantitative estimate of drug-likeness (QED) is 0.487. The fraction of sp³-hybridized carbons (Fsp3) is 0.273. The maximum Gasteiger partial charge on any atom is 0.324 e. The minimum Gasteiger partial charge on any atom is -0.468 e. The minimum atomic E-state index is -1.59. The standard InChI is InChI=1S/C22H20N2O4S/c1-27-20(25)22(21(26)28-2)16(14-9-5-3-6-10-14)13-17-19(29-24-23-17)18(22)15-11-7-4-8-12-15/h3-12,16,18H,13H2,1-2H3. The predicted molar refractivity (Wildman–Crippen MR) is 108 cm³/mol. The molecule has 2 aromatic carbocycles. The third-order valence-corrected chi connectivity index (χ3v) is 6.46. The molecule has 0 saturated heterocycles. The summed E-state index contributed by atoms with van der Waals surface area (Å²) in [5, 5.41) is 4.31. The lowest BCUT2D eigenvalue weighted by Crippen LogP contribution is -2.53. The molecule has 2 atom stereocenters.